The molecule has 2 heterocycles. The van der Waals surface area contributed by atoms with E-state index in [9.17, 15) is 80.8 Å². The molecule has 0 radical (unpaired) electrons. The van der Waals surface area contributed by atoms with Crippen molar-refractivity contribution in [2.24, 2.45) is 0 Å². The van der Waals surface area contributed by atoms with E-state index in [-0.39, 0.29) is 62.7 Å². The first-order valence-corrected chi connectivity index (χ1v) is 18.4. The molecule has 8 rings (SSSR count). The second kappa shape index (κ2) is 15.0. The van der Waals surface area contributed by atoms with Crippen LogP contribution < -0.4 is 14.9 Å². The number of aromatic hydroxyl groups is 13. The molecule has 6 aromatic carbocycles. The summed E-state index contributed by atoms with van der Waals surface area (Å²) < 4.78 is 23.9. The number of carbonyl (C=O) groups is 2. The quantitative estimate of drug-likeness (QED) is 0.0584. The SMILES string of the molecule is O=C(O[C@H]1Cc2c(O)cc(O)cc2O[C@H]1c1cc(=O)c(O)c2c(O)c(O)cc([C@@H]3Oc4cc(O)cc(O)c4C[C@@H]3OC(=O)c3cc(O)c(O)c(O)c3)c2c1)c1cc(O)c(O)c(O)c1.[HH].[HH].[HH].[HH].[HH].[HH].[HH].[HH].[HH].[HH].[HH].[HH]. The standard InChI is InChI=1S/C43H32O20.12H2/c44-17-7-23(46)21-12-33(62-42(58)15-3-25(48)36(54)26(49)4-15)40(60-31(21)9-17)14-1-19-20(11-30(53)39(57)35(19)38(56)29(52)2-14)41-34(13-22-24(47)8-18(45)10-32(22)61-41)63-43(59)16-5-27(50)37(55)28(51)6-16;;;;;;;;;;;;/h1-11,33-34,40-41,44-51,53-55,57H,12-13H2,(H,52,56);12*1H/t33-,34-,40-,41-;;;;;;;;;;;;/m0............/s1. The summed E-state index contributed by atoms with van der Waals surface area (Å²) in [6, 6.07) is 10.2. The first-order chi connectivity index (χ1) is 29.8. The van der Waals surface area contributed by atoms with Crippen LogP contribution in [0.5, 0.6) is 86.2 Å². The zero-order chi connectivity index (χ0) is 45.3. The molecule has 0 aliphatic carbocycles. The molecule has 63 heavy (non-hydrogen) atoms. The van der Waals surface area contributed by atoms with Gasteiger partial charge in [0.2, 0.25) is 5.43 Å². The first-order valence-electron chi connectivity index (χ1n) is 18.4. The Morgan fingerprint density at radius 3 is 1.40 bits per heavy atom. The van der Waals surface area contributed by atoms with Gasteiger partial charge in [0.1, 0.15) is 46.7 Å². The number of rotatable bonds is 6. The predicted molar refractivity (Wildman–Crippen MR) is 236 cm³/mol. The van der Waals surface area contributed by atoms with Gasteiger partial charge in [0, 0.05) is 76.5 Å². The predicted octanol–water partition coefficient (Wildman–Crippen LogP) is 7.13. The van der Waals surface area contributed by atoms with E-state index in [1.807, 2.05) is 0 Å². The number of fused-ring (bicyclic) bond motifs is 3. The first kappa shape index (κ1) is 40.9. The van der Waals surface area contributed by atoms with Crippen molar-refractivity contribution in [3.8, 4) is 86.2 Å². The third-order valence-electron chi connectivity index (χ3n) is 10.5. The van der Waals surface area contributed by atoms with E-state index in [2.05, 4.69) is 0 Å². The highest BCUT2D eigenvalue weighted by molar-refractivity contribution is 5.98. The van der Waals surface area contributed by atoms with Crippen molar-refractivity contribution in [3.63, 3.8) is 0 Å². The molecule has 0 unspecified atom stereocenters. The molecule has 0 fully saturated rings. The van der Waals surface area contributed by atoms with Crippen molar-refractivity contribution in [1.82, 2.24) is 0 Å². The third-order valence-corrected chi connectivity index (χ3v) is 10.5. The number of carbonyl (C=O) groups excluding carboxylic acids is 2. The third kappa shape index (κ3) is 7.19. The van der Waals surface area contributed by atoms with Gasteiger partial charge in [0.05, 0.1) is 16.5 Å². The zero-order valence-corrected chi connectivity index (χ0v) is 31.7. The van der Waals surface area contributed by atoms with Gasteiger partial charge >= 0.3 is 11.9 Å². The van der Waals surface area contributed by atoms with Crippen LogP contribution >= 0.6 is 0 Å². The summed E-state index contributed by atoms with van der Waals surface area (Å²) in [5.74, 6) is -13.3. The Kier molecular flexibility index (Phi) is 9.77. The fourth-order valence-corrected chi connectivity index (χ4v) is 7.54. The number of phenols is 12. The van der Waals surface area contributed by atoms with E-state index < -0.39 is 139 Å². The normalized spacial score (nSPS) is 17.7. The monoisotopic (exact) mass is 892 g/mol. The number of hydrogen-bond acceptors (Lipinski definition) is 20. The van der Waals surface area contributed by atoms with Crippen LogP contribution in [0.1, 0.15) is 72.3 Å². The van der Waals surface area contributed by atoms with Crippen molar-refractivity contribution < 1.29 is 112 Å². The van der Waals surface area contributed by atoms with Gasteiger partial charge < -0.3 is 85.3 Å². The smallest absolute Gasteiger partial charge is 0.338 e. The molecule has 13 N–H and O–H groups in total. The van der Waals surface area contributed by atoms with Crippen molar-refractivity contribution in [1.29, 1.82) is 0 Å². The highest BCUT2D eigenvalue weighted by atomic mass is 16.6. The Balaban J connectivity index is -0.00000136. The number of benzene rings is 5. The van der Waals surface area contributed by atoms with Crippen molar-refractivity contribution in [3.05, 3.63) is 110 Å². The number of phenolic OH excluding ortho intramolecular Hbond substituents is 12. The Bertz CT molecular complexity index is 3000. The molecule has 0 bridgehead atoms. The summed E-state index contributed by atoms with van der Waals surface area (Å²) in [5.41, 5.74) is -2.63. The summed E-state index contributed by atoms with van der Waals surface area (Å²) in [4.78, 5) is 40.9. The van der Waals surface area contributed by atoms with Gasteiger partial charge in [0.15, 0.2) is 64.0 Å². The van der Waals surface area contributed by atoms with Crippen molar-refractivity contribution in [2.75, 3.05) is 0 Å². The molecule has 0 spiro atoms. The van der Waals surface area contributed by atoms with E-state index in [1.54, 1.807) is 0 Å². The minimum Gasteiger partial charge on any atom is -0.508 e. The summed E-state index contributed by atoms with van der Waals surface area (Å²) in [6.07, 6.45) is -7.16. The van der Waals surface area contributed by atoms with Gasteiger partial charge in [0.25, 0.3) is 0 Å². The average molecular weight is 893 g/mol. The van der Waals surface area contributed by atoms with Crippen LogP contribution in [0, 0.1) is 0 Å². The van der Waals surface area contributed by atoms with Crippen LogP contribution in [-0.4, -0.2) is 90.5 Å². The molecule has 4 atom stereocenters. The van der Waals surface area contributed by atoms with E-state index in [1.165, 1.54) is 0 Å². The van der Waals surface area contributed by atoms with Gasteiger partial charge in [-0.1, -0.05) is 0 Å². The van der Waals surface area contributed by atoms with Crippen LogP contribution in [0.4, 0.5) is 0 Å². The molecule has 20 nitrogen and oxygen atoms in total. The maximum atomic E-state index is 13.8. The average Bonchev–Trinajstić information content (AvgIpc) is 3.35. The van der Waals surface area contributed by atoms with Gasteiger partial charge in [-0.2, -0.15) is 0 Å². The zero-order valence-electron chi connectivity index (χ0n) is 31.7. The van der Waals surface area contributed by atoms with Crippen LogP contribution in [0.15, 0.2) is 71.5 Å². The van der Waals surface area contributed by atoms with Gasteiger partial charge in [-0.25, -0.2) is 9.59 Å². The second-order valence-corrected chi connectivity index (χ2v) is 14.6. The Hall–Kier alpha value is -8.81. The lowest BCUT2D eigenvalue weighted by molar-refractivity contribution is -0.0193. The van der Waals surface area contributed by atoms with E-state index in [0.717, 1.165) is 66.7 Å². The summed E-state index contributed by atoms with van der Waals surface area (Å²) in [5, 5.41) is 135. The van der Waals surface area contributed by atoms with Crippen molar-refractivity contribution >= 4 is 22.7 Å². The Morgan fingerprint density at radius 2 is 0.921 bits per heavy atom. The Morgan fingerprint density at radius 1 is 0.492 bits per heavy atom. The van der Waals surface area contributed by atoms with E-state index >= 15 is 0 Å². The molecule has 2 aliphatic rings. The molecule has 2 aliphatic heterocycles. The fourth-order valence-electron chi connectivity index (χ4n) is 7.54. The lowest BCUT2D eigenvalue weighted by Gasteiger charge is -2.35. The van der Waals surface area contributed by atoms with Crippen LogP contribution in [0.3, 0.4) is 0 Å². The van der Waals surface area contributed by atoms with Crippen molar-refractivity contribution in [2.45, 2.75) is 37.3 Å². The molecular formula is C43H56O20. The van der Waals surface area contributed by atoms with Gasteiger partial charge in [-0.15, -0.1) is 0 Å². The second-order valence-electron chi connectivity index (χ2n) is 14.6. The molecule has 0 amide bonds. The summed E-state index contributed by atoms with van der Waals surface area (Å²) in [6.45, 7) is 0. The maximum Gasteiger partial charge on any atom is 0.338 e. The number of esters is 2. The van der Waals surface area contributed by atoms with Gasteiger partial charge in [-0.3, -0.25) is 4.79 Å². The lowest BCUT2D eigenvalue weighted by Crippen LogP contribution is -2.35. The molecule has 0 aromatic heterocycles. The minimum atomic E-state index is -1.65. The molecule has 20 heteroatoms. The van der Waals surface area contributed by atoms with Crippen LogP contribution in [0.2, 0.25) is 0 Å². The summed E-state index contributed by atoms with van der Waals surface area (Å²) in [7, 11) is 0. The fraction of sp³-hybridized carbons (Fsp3) is 0.140. The molecule has 0 saturated heterocycles. The van der Waals surface area contributed by atoms with Gasteiger partial charge in [-0.05, 0) is 47.9 Å². The number of hydrogen-bond donors (Lipinski definition) is 13. The van der Waals surface area contributed by atoms with E-state index in [0.29, 0.717) is 0 Å². The molecular weight excluding hydrogens is 836 g/mol. The molecule has 348 valence electrons. The van der Waals surface area contributed by atoms with Crippen LogP contribution in [-0.2, 0) is 22.3 Å². The molecule has 0 saturated carbocycles. The minimum absolute atomic E-state index is 0. The maximum absolute atomic E-state index is 13.8. The lowest BCUT2D eigenvalue weighted by atomic mass is 9.89. The summed E-state index contributed by atoms with van der Waals surface area (Å²) >= 11 is 0. The largest absolute Gasteiger partial charge is 0.508 e. The topological polar surface area (TPSA) is 351 Å². The highest BCUT2D eigenvalue weighted by Gasteiger charge is 2.41. The number of ether oxygens (including phenoxy) is 4. The Labute approximate surface area is 368 Å². The molecule has 6 aromatic rings. The highest BCUT2D eigenvalue weighted by Crippen LogP contribution is 2.50. The van der Waals surface area contributed by atoms with E-state index in [4.69, 9.17) is 18.9 Å². The van der Waals surface area contributed by atoms with Crippen LogP contribution in [0.25, 0.3) is 10.8 Å².